The molecule has 0 saturated carbocycles. The van der Waals surface area contributed by atoms with E-state index in [1.807, 2.05) is 12.3 Å². The molecule has 4 nitrogen and oxygen atoms in total. The fourth-order valence-electron chi connectivity index (χ4n) is 0.675. The molecule has 9 heavy (non-hydrogen) atoms. The van der Waals surface area contributed by atoms with E-state index in [1.54, 1.807) is 17.1 Å². The van der Waals surface area contributed by atoms with Crippen molar-refractivity contribution in [3.05, 3.63) is 18.5 Å². The summed E-state index contributed by atoms with van der Waals surface area (Å²) in [4.78, 5) is 3.93. The Balaban J connectivity index is 2.63. The minimum Gasteiger partial charge on any atom is -0.195 e. The van der Waals surface area contributed by atoms with E-state index in [-0.39, 0.29) is 0 Å². The van der Waals surface area contributed by atoms with Gasteiger partial charge in [-0.1, -0.05) is 0 Å². The highest BCUT2D eigenvalue weighted by Gasteiger charge is 2.15. The van der Waals surface area contributed by atoms with Gasteiger partial charge in [0.15, 0.2) is 0 Å². The average molecular weight is 120 g/mol. The number of hydrogen-bond donors (Lipinski definition) is 0. The largest absolute Gasteiger partial charge is 0.422 e. The van der Waals surface area contributed by atoms with Crippen LogP contribution in [0.2, 0.25) is 0 Å². The molecule has 43 valence electrons. The Morgan fingerprint density at radius 1 is 1.44 bits per heavy atom. The summed E-state index contributed by atoms with van der Waals surface area (Å²) in [6.07, 6.45) is 5.15. The van der Waals surface area contributed by atoms with Crippen LogP contribution in [0.5, 0.6) is 0 Å². The third kappa shape index (κ3) is 0.561. The third-order valence-corrected chi connectivity index (χ3v) is 1.08. The standard InChI is InChI=1S/C5H4N4/c1-2-6-5-8-7-4-9(5)3-1/h1-4H/q+1. The minimum absolute atomic E-state index is 0.637. The molecule has 4 heteroatoms. The van der Waals surface area contributed by atoms with E-state index >= 15 is 0 Å². The predicted octanol–water partition coefficient (Wildman–Crippen LogP) is -0.590. The SMILES string of the molecule is C1=N[N]c2nccc[n+]21. The summed E-state index contributed by atoms with van der Waals surface area (Å²) in [6.45, 7) is 0. The van der Waals surface area contributed by atoms with Gasteiger partial charge in [0.2, 0.25) is 6.34 Å². The summed E-state index contributed by atoms with van der Waals surface area (Å²) < 4.78 is 1.75. The van der Waals surface area contributed by atoms with Crippen molar-refractivity contribution in [1.29, 1.82) is 0 Å². The Hall–Kier alpha value is -1.45. The molecule has 0 N–H and O–H groups in total. The summed E-state index contributed by atoms with van der Waals surface area (Å²) >= 11 is 0. The number of aromatic nitrogens is 2. The second-order valence-electron chi connectivity index (χ2n) is 1.66. The van der Waals surface area contributed by atoms with Crippen LogP contribution in [0.15, 0.2) is 23.6 Å². The van der Waals surface area contributed by atoms with Crippen molar-refractivity contribution in [2.75, 3.05) is 0 Å². The van der Waals surface area contributed by atoms with Crippen LogP contribution in [0.4, 0.5) is 5.95 Å². The Labute approximate surface area is 51.9 Å². The van der Waals surface area contributed by atoms with Crippen LogP contribution in [0, 0.1) is 0 Å². The zero-order valence-corrected chi connectivity index (χ0v) is 4.60. The maximum absolute atomic E-state index is 3.93. The second kappa shape index (κ2) is 1.51. The lowest BCUT2D eigenvalue weighted by atomic mass is 10.6. The monoisotopic (exact) mass is 120 g/mol. The lowest BCUT2D eigenvalue weighted by Gasteiger charge is -1.82. The predicted molar refractivity (Wildman–Crippen MR) is 30.1 cm³/mol. The van der Waals surface area contributed by atoms with Gasteiger partial charge in [0.05, 0.1) is 17.8 Å². The Morgan fingerprint density at radius 3 is 3.33 bits per heavy atom. The van der Waals surface area contributed by atoms with Crippen LogP contribution < -0.4 is 9.99 Å². The minimum atomic E-state index is 0.637. The number of rotatable bonds is 0. The average Bonchev–Trinajstić information content (AvgIpc) is 2.33. The van der Waals surface area contributed by atoms with E-state index in [0.29, 0.717) is 5.95 Å². The molecule has 1 aromatic rings. The molecule has 0 aliphatic carbocycles. The summed E-state index contributed by atoms with van der Waals surface area (Å²) in [5.74, 6) is 0.637. The molecule has 2 rings (SSSR count). The van der Waals surface area contributed by atoms with E-state index in [9.17, 15) is 0 Å². The van der Waals surface area contributed by atoms with Crippen LogP contribution in [0.1, 0.15) is 0 Å². The van der Waals surface area contributed by atoms with E-state index < -0.39 is 0 Å². The second-order valence-corrected chi connectivity index (χ2v) is 1.66. The maximum Gasteiger partial charge on any atom is 0.422 e. The van der Waals surface area contributed by atoms with Gasteiger partial charge in [-0.3, -0.25) is 0 Å². The summed E-state index contributed by atoms with van der Waals surface area (Å²) in [6, 6.07) is 1.83. The first-order valence-electron chi connectivity index (χ1n) is 2.57. The Kier molecular flexibility index (Phi) is 0.745. The van der Waals surface area contributed by atoms with Gasteiger partial charge in [-0.25, -0.2) is 0 Å². The molecule has 0 atom stereocenters. The van der Waals surface area contributed by atoms with Crippen molar-refractivity contribution in [3.63, 3.8) is 0 Å². The molecule has 1 aliphatic heterocycles. The summed E-state index contributed by atoms with van der Waals surface area (Å²) in [5.41, 5.74) is 3.72. The first-order valence-corrected chi connectivity index (χ1v) is 2.57. The molecular formula is C5H4N4+. The smallest absolute Gasteiger partial charge is 0.195 e. The number of nitrogens with zero attached hydrogens (tertiary/aromatic N) is 4. The van der Waals surface area contributed by atoms with E-state index in [2.05, 4.69) is 15.5 Å². The van der Waals surface area contributed by atoms with Crippen LogP contribution in [-0.2, 0) is 0 Å². The van der Waals surface area contributed by atoms with E-state index in [1.165, 1.54) is 0 Å². The third-order valence-electron chi connectivity index (χ3n) is 1.08. The molecule has 1 aromatic heterocycles. The van der Waals surface area contributed by atoms with Gasteiger partial charge in [0.1, 0.15) is 0 Å². The molecule has 0 saturated heterocycles. The van der Waals surface area contributed by atoms with E-state index in [0.717, 1.165) is 0 Å². The van der Waals surface area contributed by atoms with Gasteiger partial charge in [-0.15, -0.1) is 4.98 Å². The van der Waals surface area contributed by atoms with Crippen LogP contribution in [0.25, 0.3) is 0 Å². The normalized spacial score (nSPS) is 12.9. The fraction of sp³-hybridized carbons (Fsp3) is 0. The van der Waals surface area contributed by atoms with Gasteiger partial charge in [0.25, 0.3) is 0 Å². The van der Waals surface area contributed by atoms with Crippen LogP contribution in [0.3, 0.4) is 0 Å². The number of fused-ring (bicyclic) bond motifs is 1. The highest BCUT2D eigenvalue weighted by molar-refractivity contribution is 5.47. The van der Waals surface area contributed by atoms with Crippen LogP contribution >= 0.6 is 0 Å². The quantitative estimate of drug-likeness (QED) is 0.422. The lowest BCUT2D eigenvalue weighted by Crippen LogP contribution is -2.31. The van der Waals surface area contributed by atoms with Gasteiger partial charge in [0, 0.05) is 5.10 Å². The molecule has 0 unspecified atom stereocenters. The summed E-state index contributed by atoms with van der Waals surface area (Å²) in [5, 5.41) is 3.65. The van der Waals surface area contributed by atoms with Crippen molar-refractivity contribution < 1.29 is 4.57 Å². The van der Waals surface area contributed by atoms with Gasteiger partial charge in [-0.05, 0) is 6.07 Å². The zero-order chi connectivity index (χ0) is 6.10. The van der Waals surface area contributed by atoms with Crippen molar-refractivity contribution >= 4 is 12.3 Å². The highest BCUT2D eigenvalue weighted by atomic mass is 15.4. The molecule has 0 bridgehead atoms. The van der Waals surface area contributed by atoms with Crippen LogP contribution in [-0.4, -0.2) is 11.3 Å². The molecule has 0 spiro atoms. The molecular weight excluding hydrogens is 116 g/mol. The first-order chi connectivity index (χ1) is 4.47. The van der Waals surface area contributed by atoms with Crippen molar-refractivity contribution in [3.8, 4) is 0 Å². The molecule has 2 heterocycles. The van der Waals surface area contributed by atoms with Gasteiger partial charge in [-0.2, -0.15) is 4.57 Å². The number of hydrogen-bond acceptors (Lipinski definition) is 2. The molecule has 1 radical (unpaired) electrons. The van der Waals surface area contributed by atoms with Crippen molar-refractivity contribution in [1.82, 2.24) is 10.4 Å². The van der Waals surface area contributed by atoms with Gasteiger partial charge >= 0.3 is 5.95 Å². The summed E-state index contributed by atoms with van der Waals surface area (Å²) in [7, 11) is 0. The zero-order valence-electron chi connectivity index (χ0n) is 4.60. The lowest BCUT2D eigenvalue weighted by molar-refractivity contribution is -0.531. The first kappa shape index (κ1) is 4.43. The molecule has 0 fully saturated rings. The van der Waals surface area contributed by atoms with Crippen molar-refractivity contribution in [2.24, 2.45) is 5.10 Å². The van der Waals surface area contributed by atoms with Gasteiger partial charge < -0.3 is 0 Å². The maximum atomic E-state index is 3.93. The van der Waals surface area contributed by atoms with E-state index in [4.69, 9.17) is 0 Å². The Morgan fingerprint density at radius 2 is 2.44 bits per heavy atom. The molecule has 0 aromatic carbocycles. The molecule has 1 aliphatic rings. The topological polar surface area (TPSA) is 43.2 Å². The highest BCUT2D eigenvalue weighted by Crippen LogP contribution is 1.93. The Bertz CT molecular complexity index is 255. The fourth-order valence-corrected chi connectivity index (χ4v) is 0.675. The van der Waals surface area contributed by atoms with Crippen molar-refractivity contribution in [2.45, 2.75) is 0 Å². The molecule has 0 amide bonds.